The number of rotatable bonds is 4. The number of halogens is 2. The molecule has 1 aromatic heterocycles. The second kappa shape index (κ2) is 7.42. The highest BCUT2D eigenvalue weighted by molar-refractivity contribution is 7.98. The summed E-state index contributed by atoms with van der Waals surface area (Å²) in [4.78, 5) is 16.9. The van der Waals surface area contributed by atoms with Crippen molar-refractivity contribution in [3.8, 4) is 5.69 Å². The van der Waals surface area contributed by atoms with Crippen molar-refractivity contribution >= 4 is 23.4 Å². The molecule has 3 nitrogen and oxygen atoms in total. The molecule has 0 aliphatic rings. The largest absolute Gasteiger partial charge is 0.287 e. The molecule has 3 rings (SSSR count). The Hall–Kier alpha value is -2.11. The van der Waals surface area contributed by atoms with Gasteiger partial charge in [-0.3, -0.25) is 9.36 Å². The van der Waals surface area contributed by atoms with Gasteiger partial charge in [0, 0.05) is 28.9 Å². The standard InChI is InChI=1S/C19H16ClFN2OS/c1-12-3-6-16(9-13(12)2)23-8-7-22-18(19(23)24)25-11-14-4-5-15(21)10-17(14)20/h3-10H,11H2,1-2H3. The van der Waals surface area contributed by atoms with Crippen LogP contribution in [0.25, 0.3) is 5.69 Å². The molecular formula is C19H16ClFN2OS. The summed E-state index contributed by atoms with van der Waals surface area (Å²) in [7, 11) is 0. The average Bonchev–Trinajstić information content (AvgIpc) is 2.58. The molecule has 0 aliphatic heterocycles. The molecule has 0 aliphatic carbocycles. The van der Waals surface area contributed by atoms with Gasteiger partial charge in [-0.25, -0.2) is 9.37 Å². The average molecular weight is 375 g/mol. The van der Waals surface area contributed by atoms with E-state index >= 15 is 0 Å². The van der Waals surface area contributed by atoms with E-state index in [0.717, 1.165) is 16.8 Å². The van der Waals surface area contributed by atoms with Gasteiger partial charge in [0.15, 0.2) is 5.03 Å². The number of nitrogens with zero attached hydrogens (tertiary/aromatic N) is 2. The highest BCUT2D eigenvalue weighted by Gasteiger charge is 2.10. The molecule has 0 saturated heterocycles. The predicted molar refractivity (Wildman–Crippen MR) is 100 cm³/mol. The lowest BCUT2D eigenvalue weighted by atomic mass is 10.1. The van der Waals surface area contributed by atoms with Gasteiger partial charge >= 0.3 is 0 Å². The smallest absolute Gasteiger partial charge is 0.280 e. The molecule has 0 bridgehead atoms. The lowest BCUT2D eigenvalue weighted by Crippen LogP contribution is -2.20. The highest BCUT2D eigenvalue weighted by atomic mass is 35.5. The Morgan fingerprint density at radius 2 is 1.96 bits per heavy atom. The first kappa shape index (κ1) is 17.7. The van der Waals surface area contributed by atoms with E-state index in [1.54, 1.807) is 23.0 Å². The van der Waals surface area contributed by atoms with Gasteiger partial charge in [-0.2, -0.15) is 0 Å². The van der Waals surface area contributed by atoms with Crippen molar-refractivity contribution in [2.24, 2.45) is 0 Å². The molecule has 0 spiro atoms. The van der Waals surface area contributed by atoms with Crippen LogP contribution in [-0.4, -0.2) is 9.55 Å². The molecule has 0 saturated carbocycles. The maximum absolute atomic E-state index is 13.1. The minimum atomic E-state index is -0.381. The van der Waals surface area contributed by atoms with Crippen molar-refractivity contribution in [2.75, 3.05) is 0 Å². The van der Waals surface area contributed by atoms with Gasteiger partial charge in [0.2, 0.25) is 0 Å². The first-order valence-electron chi connectivity index (χ1n) is 7.68. The quantitative estimate of drug-likeness (QED) is 0.607. The maximum Gasteiger partial charge on any atom is 0.287 e. The van der Waals surface area contributed by atoms with Crippen molar-refractivity contribution in [1.82, 2.24) is 9.55 Å². The van der Waals surface area contributed by atoms with Crippen LogP contribution in [0.1, 0.15) is 16.7 Å². The number of hydrogen-bond acceptors (Lipinski definition) is 3. The van der Waals surface area contributed by atoms with E-state index in [1.165, 1.54) is 29.5 Å². The molecule has 0 unspecified atom stereocenters. The van der Waals surface area contributed by atoms with Crippen LogP contribution in [0.2, 0.25) is 5.02 Å². The number of hydrogen-bond donors (Lipinski definition) is 0. The number of benzene rings is 2. The minimum absolute atomic E-state index is 0.186. The summed E-state index contributed by atoms with van der Waals surface area (Å²) in [6.07, 6.45) is 3.26. The molecule has 3 aromatic rings. The number of thioether (sulfide) groups is 1. The Labute approximate surface area is 154 Å². The van der Waals surface area contributed by atoms with Crippen LogP contribution >= 0.6 is 23.4 Å². The van der Waals surface area contributed by atoms with E-state index in [2.05, 4.69) is 4.98 Å². The third-order valence-corrected chi connectivity index (χ3v) is 5.32. The fourth-order valence-electron chi connectivity index (χ4n) is 2.36. The number of aryl methyl sites for hydroxylation is 2. The lowest BCUT2D eigenvalue weighted by Gasteiger charge is -2.10. The van der Waals surface area contributed by atoms with Gasteiger partial charge in [-0.15, -0.1) is 0 Å². The Bertz CT molecular complexity index is 987. The number of aromatic nitrogens is 2. The maximum atomic E-state index is 13.1. The monoisotopic (exact) mass is 374 g/mol. The molecule has 0 amide bonds. The van der Waals surface area contributed by atoms with Crippen molar-refractivity contribution in [2.45, 2.75) is 24.6 Å². The van der Waals surface area contributed by atoms with E-state index in [4.69, 9.17) is 11.6 Å². The molecule has 2 aromatic carbocycles. The van der Waals surface area contributed by atoms with E-state index < -0.39 is 0 Å². The van der Waals surface area contributed by atoms with Gasteiger partial charge in [0.25, 0.3) is 5.56 Å². The predicted octanol–water partition coefficient (Wildman–Crippen LogP) is 4.93. The normalized spacial score (nSPS) is 10.9. The minimum Gasteiger partial charge on any atom is -0.280 e. The second-order valence-corrected chi connectivity index (χ2v) is 7.07. The summed E-state index contributed by atoms with van der Waals surface area (Å²) in [5, 5.41) is 0.721. The fraction of sp³-hybridized carbons (Fsp3) is 0.158. The van der Waals surface area contributed by atoms with Crippen LogP contribution in [0.15, 0.2) is 58.6 Å². The van der Waals surface area contributed by atoms with Crippen LogP contribution in [0.3, 0.4) is 0 Å². The van der Waals surface area contributed by atoms with Gasteiger partial charge < -0.3 is 0 Å². The van der Waals surface area contributed by atoms with Crippen LogP contribution in [0.4, 0.5) is 4.39 Å². The first-order valence-corrected chi connectivity index (χ1v) is 9.04. The van der Waals surface area contributed by atoms with Crippen molar-refractivity contribution in [1.29, 1.82) is 0 Å². The summed E-state index contributed by atoms with van der Waals surface area (Å²) in [5.74, 6) is 0.0619. The van der Waals surface area contributed by atoms with Gasteiger partial charge in [0.05, 0.1) is 0 Å². The zero-order chi connectivity index (χ0) is 18.0. The molecule has 1 heterocycles. The molecule has 0 radical (unpaired) electrons. The molecule has 0 N–H and O–H groups in total. The Balaban J connectivity index is 1.88. The SMILES string of the molecule is Cc1ccc(-n2ccnc(SCc3ccc(F)cc3Cl)c2=O)cc1C. The molecule has 0 atom stereocenters. The molecular weight excluding hydrogens is 359 g/mol. The van der Waals surface area contributed by atoms with Crippen molar-refractivity contribution in [3.05, 3.63) is 86.7 Å². The van der Waals surface area contributed by atoms with E-state index in [-0.39, 0.29) is 11.4 Å². The summed E-state index contributed by atoms with van der Waals surface area (Å²) < 4.78 is 14.7. The van der Waals surface area contributed by atoms with E-state index in [0.29, 0.717) is 15.8 Å². The molecule has 6 heteroatoms. The van der Waals surface area contributed by atoms with Crippen LogP contribution < -0.4 is 5.56 Å². The summed E-state index contributed by atoms with van der Waals surface area (Å²) in [6.45, 7) is 4.04. The molecule has 128 valence electrons. The summed E-state index contributed by atoms with van der Waals surface area (Å²) >= 11 is 7.32. The van der Waals surface area contributed by atoms with Crippen molar-refractivity contribution in [3.63, 3.8) is 0 Å². The highest BCUT2D eigenvalue weighted by Crippen LogP contribution is 2.25. The Morgan fingerprint density at radius 3 is 2.68 bits per heavy atom. The van der Waals surface area contributed by atoms with Crippen LogP contribution in [0.5, 0.6) is 0 Å². The second-order valence-electron chi connectivity index (χ2n) is 5.70. The molecule has 25 heavy (non-hydrogen) atoms. The van der Waals surface area contributed by atoms with E-state index in [9.17, 15) is 9.18 Å². The summed E-state index contributed by atoms with van der Waals surface area (Å²) in [5.41, 5.74) is 3.67. The first-order chi connectivity index (χ1) is 12.0. The fourth-order valence-corrected chi connectivity index (χ4v) is 3.57. The summed E-state index contributed by atoms with van der Waals surface area (Å²) in [6, 6.07) is 10.1. The Morgan fingerprint density at radius 1 is 1.16 bits per heavy atom. The van der Waals surface area contributed by atoms with Gasteiger partial charge in [-0.1, -0.05) is 35.5 Å². The van der Waals surface area contributed by atoms with Crippen molar-refractivity contribution < 1.29 is 4.39 Å². The van der Waals surface area contributed by atoms with E-state index in [1.807, 2.05) is 32.0 Å². The lowest BCUT2D eigenvalue weighted by molar-refractivity contribution is 0.627. The van der Waals surface area contributed by atoms with Crippen LogP contribution in [0, 0.1) is 19.7 Å². The molecule has 0 fully saturated rings. The van der Waals surface area contributed by atoms with Gasteiger partial charge in [0.1, 0.15) is 5.82 Å². The topological polar surface area (TPSA) is 34.9 Å². The van der Waals surface area contributed by atoms with Gasteiger partial charge in [-0.05, 0) is 54.8 Å². The Kier molecular flexibility index (Phi) is 5.25. The third kappa shape index (κ3) is 3.94. The third-order valence-electron chi connectivity index (χ3n) is 3.96. The zero-order valence-corrected chi connectivity index (χ0v) is 15.4. The zero-order valence-electron chi connectivity index (χ0n) is 13.8. The van der Waals surface area contributed by atoms with Crippen LogP contribution in [-0.2, 0) is 5.75 Å².